The van der Waals surface area contributed by atoms with Crippen LogP contribution in [0.5, 0.6) is 0 Å². The molecule has 0 amide bonds. The van der Waals surface area contributed by atoms with Crippen LogP contribution in [0.2, 0.25) is 5.02 Å². The first kappa shape index (κ1) is 13.2. The molecule has 1 saturated heterocycles. The van der Waals surface area contributed by atoms with Crippen molar-refractivity contribution in [3.63, 3.8) is 0 Å². The van der Waals surface area contributed by atoms with Crippen molar-refractivity contribution < 1.29 is 4.74 Å². The van der Waals surface area contributed by atoms with Gasteiger partial charge in [-0.2, -0.15) is 0 Å². The molecule has 1 aromatic heterocycles. The summed E-state index contributed by atoms with van der Waals surface area (Å²) in [6, 6.07) is 5.92. The maximum atomic E-state index is 6.21. The van der Waals surface area contributed by atoms with Gasteiger partial charge in [-0.3, -0.25) is 0 Å². The average Bonchev–Trinajstić information content (AvgIpc) is 2.69. The molecule has 2 aromatic rings. The highest BCUT2D eigenvalue weighted by Gasteiger charge is 2.28. The van der Waals surface area contributed by atoms with Gasteiger partial charge in [0, 0.05) is 19.8 Å². The molecule has 0 saturated carbocycles. The average molecular weight is 297 g/mol. The van der Waals surface area contributed by atoms with Crippen molar-refractivity contribution in [2.75, 3.05) is 13.2 Å². The zero-order valence-electron chi connectivity index (χ0n) is 10.9. The quantitative estimate of drug-likeness (QED) is 0.843. The molecule has 0 radical (unpaired) electrons. The van der Waals surface area contributed by atoms with Crippen molar-refractivity contribution in [1.29, 1.82) is 0 Å². The summed E-state index contributed by atoms with van der Waals surface area (Å²) in [7, 11) is 0. The first-order chi connectivity index (χ1) is 9.09. The molecule has 1 aliphatic heterocycles. The summed E-state index contributed by atoms with van der Waals surface area (Å²) in [5.41, 5.74) is 2.27. The molecule has 1 aromatic carbocycles. The van der Waals surface area contributed by atoms with E-state index in [-0.39, 0.29) is 5.41 Å². The van der Waals surface area contributed by atoms with Crippen LogP contribution in [-0.2, 0) is 11.3 Å². The summed E-state index contributed by atoms with van der Waals surface area (Å²) >= 11 is 11.7. The highest BCUT2D eigenvalue weighted by atomic mass is 35.5. The van der Waals surface area contributed by atoms with Crippen molar-refractivity contribution in [2.24, 2.45) is 5.41 Å². The van der Waals surface area contributed by atoms with Crippen LogP contribution < -0.4 is 0 Å². The fourth-order valence-corrected chi connectivity index (χ4v) is 3.19. The molecule has 0 spiro atoms. The van der Waals surface area contributed by atoms with Gasteiger partial charge in [-0.15, -0.1) is 0 Å². The molecule has 0 bridgehead atoms. The Morgan fingerprint density at radius 1 is 1.42 bits per heavy atom. The maximum absolute atomic E-state index is 6.21. The van der Waals surface area contributed by atoms with E-state index in [2.05, 4.69) is 22.5 Å². The van der Waals surface area contributed by atoms with Gasteiger partial charge in [-0.1, -0.05) is 24.6 Å². The predicted molar refractivity (Wildman–Crippen MR) is 80.3 cm³/mol. The Labute approximate surface area is 122 Å². The molecule has 1 aliphatic rings. The van der Waals surface area contributed by atoms with E-state index in [0.29, 0.717) is 0 Å². The Bertz CT molecular complexity index is 655. The summed E-state index contributed by atoms with van der Waals surface area (Å²) in [5.74, 6) is 0. The Morgan fingerprint density at radius 2 is 2.16 bits per heavy atom. The number of nitrogens with zero attached hydrogens (tertiary/aromatic N) is 1. The van der Waals surface area contributed by atoms with E-state index < -0.39 is 0 Å². The van der Waals surface area contributed by atoms with Gasteiger partial charge in [0.25, 0.3) is 0 Å². The van der Waals surface area contributed by atoms with Crippen molar-refractivity contribution >= 4 is 34.9 Å². The third-order valence-electron chi connectivity index (χ3n) is 4.00. The highest BCUT2D eigenvalue weighted by Crippen LogP contribution is 2.33. The SMILES string of the molecule is CC1(Cn2c(=S)[nH]c3c(Cl)cccc32)CCOCC1. The second-order valence-electron chi connectivity index (χ2n) is 5.57. The monoisotopic (exact) mass is 296 g/mol. The van der Waals surface area contributed by atoms with Gasteiger partial charge >= 0.3 is 0 Å². The van der Waals surface area contributed by atoms with Crippen molar-refractivity contribution in [3.05, 3.63) is 28.0 Å². The maximum Gasteiger partial charge on any atom is 0.178 e. The molecule has 3 nitrogen and oxygen atoms in total. The van der Waals surface area contributed by atoms with Gasteiger partial charge in [0.2, 0.25) is 0 Å². The molecule has 0 atom stereocenters. The van der Waals surface area contributed by atoms with E-state index in [1.165, 1.54) is 0 Å². The zero-order chi connectivity index (χ0) is 13.5. The van der Waals surface area contributed by atoms with Crippen molar-refractivity contribution in [3.8, 4) is 0 Å². The van der Waals surface area contributed by atoms with Gasteiger partial charge in [0.1, 0.15) is 0 Å². The molecular formula is C14H17ClN2OS. The van der Waals surface area contributed by atoms with Gasteiger partial charge in [0.05, 0.1) is 16.1 Å². The lowest BCUT2D eigenvalue weighted by Crippen LogP contribution is -2.31. The Morgan fingerprint density at radius 3 is 2.89 bits per heavy atom. The van der Waals surface area contributed by atoms with E-state index in [9.17, 15) is 0 Å². The lowest BCUT2D eigenvalue weighted by molar-refractivity contribution is 0.0159. The molecule has 5 heteroatoms. The van der Waals surface area contributed by atoms with Crippen LogP contribution in [0, 0.1) is 10.2 Å². The predicted octanol–water partition coefficient (Wildman–Crippen LogP) is 4.17. The topological polar surface area (TPSA) is 29.9 Å². The third-order valence-corrected chi connectivity index (χ3v) is 4.64. The number of para-hydroxylation sites is 1. The standard InChI is InChI=1S/C14H17ClN2OS/c1-14(5-7-18-8-6-14)9-17-11-4-2-3-10(15)12(11)16-13(17)19/h2-4H,5-9H2,1H3,(H,16,19). The number of benzene rings is 1. The smallest absolute Gasteiger partial charge is 0.178 e. The van der Waals surface area contributed by atoms with Crippen LogP contribution in [0.1, 0.15) is 19.8 Å². The second-order valence-corrected chi connectivity index (χ2v) is 6.37. The van der Waals surface area contributed by atoms with E-state index >= 15 is 0 Å². The summed E-state index contributed by atoms with van der Waals surface area (Å²) in [6.45, 7) is 4.90. The van der Waals surface area contributed by atoms with Crippen LogP contribution in [0.15, 0.2) is 18.2 Å². The number of ether oxygens (including phenoxy) is 1. The number of rotatable bonds is 2. The number of nitrogens with one attached hydrogen (secondary N) is 1. The van der Waals surface area contributed by atoms with Crippen LogP contribution in [0.3, 0.4) is 0 Å². The fraction of sp³-hybridized carbons (Fsp3) is 0.500. The molecular weight excluding hydrogens is 280 g/mol. The summed E-state index contributed by atoms with van der Waals surface area (Å²) in [4.78, 5) is 3.22. The Kier molecular flexibility index (Phi) is 3.41. The number of aromatic nitrogens is 2. The van der Waals surface area contributed by atoms with Gasteiger partial charge < -0.3 is 14.3 Å². The van der Waals surface area contributed by atoms with Crippen LogP contribution in [-0.4, -0.2) is 22.8 Å². The van der Waals surface area contributed by atoms with E-state index in [0.717, 1.165) is 53.4 Å². The van der Waals surface area contributed by atoms with Crippen LogP contribution in [0.25, 0.3) is 11.0 Å². The minimum absolute atomic E-state index is 0.244. The number of aromatic amines is 1. The number of H-pyrrole nitrogens is 1. The van der Waals surface area contributed by atoms with Gasteiger partial charge in [-0.25, -0.2) is 0 Å². The largest absolute Gasteiger partial charge is 0.381 e. The van der Waals surface area contributed by atoms with Gasteiger partial charge in [-0.05, 0) is 42.6 Å². The van der Waals surface area contributed by atoms with Crippen LogP contribution >= 0.6 is 23.8 Å². The molecule has 102 valence electrons. The summed E-state index contributed by atoms with van der Waals surface area (Å²) in [6.07, 6.45) is 2.14. The highest BCUT2D eigenvalue weighted by molar-refractivity contribution is 7.71. The first-order valence-corrected chi connectivity index (χ1v) is 7.32. The molecule has 0 unspecified atom stereocenters. The van der Waals surface area contributed by atoms with Crippen molar-refractivity contribution in [1.82, 2.24) is 9.55 Å². The molecule has 3 rings (SSSR count). The summed E-state index contributed by atoms with van der Waals surface area (Å²) in [5, 5.41) is 0.722. The molecule has 1 fully saturated rings. The third kappa shape index (κ3) is 2.45. The number of imidazole rings is 1. The molecule has 2 heterocycles. The lowest BCUT2D eigenvalue weighted by atomic mass is 9.82. The number of fused-ring (bicyclic) bond motifs is 1. The second kappa shape index (κ2) is 4.93. The van der Waals surface area contributed by atoms with E-state index in [1.54, 1.807) is 0 Å². The minimum atomic E-state index is 0.244. The molecule has 19 heavy (non-hydrogen) atoms. The van der Waals surface area contributed by atoms with Crippen molar-refractivity contribution in [2.45, 2.75) is 26.3 Å². The lowest BCUT2D eigenvalue weighted by Gasteiger charge is -2.33. The fourth-order valence-electron chi connectivity index (χ4n) is 2.71. The van der Waals surface area contributed by atoms with Crippen LogP contribution in [0.4, 0.5) is 0 Å². The normalized spacial score (nSPS) is 18.8. The van der Waals surface area contributed by atoms with E-state index in [4.69, 9.17) is 28.6 Å². The molecule has 0 aliphatic carbocycles. The van der Waals surface area contributed by atoms with E-state index in [1.807, 2.05) is 12.1 Å². The molecule has 1 N–H and O–H groups in total. The van der Waals surface area contributed by atoms with Gasteiger partial charge in [0.15, 0.2) is 4.77 Å². The summed E-state index contributed by atoms with van der Waals surface area (Å²) < 4.78 is 8.37. The number of halogens is 1. The number of hydrogen-bond donors (Lipinski definition) is 1. The Hall–Kier alpha value is -0.840. The number of hydrogen-bond acceptors (Lipinski definition) is 2. The minimum Gasteiger partial charge on any atom is -0.381 e. The Balaban J connectivity index is 2.03. The first-order valence-electron chi connectivity index (χ1n) is 6.54. The zero-order valence-corrected chi connectivity index (χ0v) is 12.5.